The van der Waals surface area contributed by atoms with Crippen molar-refractivity contribution >= 4 is 22.1 Å². The van der Waals surface area contributed by atoms with E-state index in [1.165, 1.54) is 55.5 Å². The Morgan fingerprint density at radius 2 is 1.45 bits per heavy atom. The van der Waals surface area contributed by atoms with Gasteiger partial charge in [0, 0.05) is 0 Å². The molecule has 4 heteroatoms. The van der Waals surface area contributed by atoms with E-state index >= 15 is 0 Å². The number of unbranched alkanes of at least 4 members (excludes halogenated alkanes) is 3. The maximum atomic E-state index is 10.2. The summed E-state index contributed by atoms with van der Waals surface area (Å²) in [5, 5.41) is 18.1. The molecule has 0 spiro atoms. The zero-order chi connectivity index (χ0) is 16.6. The first-order valence-electron chi connectivity index (χ1n) is 9.18. The predicted molar refractivity (Wildman–Crippen MR) is 98.4 cm³/mol. The van der Waals surface area contributed by atoms with Gasteiger partial charge in [-0.25, -0.2) is 0 Å². The zero-order valence-corrected chi connectivity index (χ0v) is 18.2. The predicted octanol–water partition coefficient (Wildman–Crippen LogP) is 4.69. The first-order valence-corrected chi connectivity index (χ1v) is 16.7. The molecule has 1 heterocycles. The van der Waals surface area contributed by atoms with Gasteiger partial charge in [0.25, 0.3) is 0 Å². The summed E-state index contributed by atoms with van der Waals surface area (Å²) in [7, 11) is 0. The summed E-state index contributed by atoms with van der Waals surface area (Å²) in [6.45, 7) is 10.6. The Morgan fingerprint density at radius 1 is 1.00 bits per heavy atom. The van der Waals surface area contributed by atoms with Crippen molar-refractivity contribution in [2.24, 2.45) is 0 Å². The molecule has 0 saturated carbocycles. The third-order valence-corrected chi connectivity index (χ3v) is 19.9. The van der Waals surface area contributed by atoms with Crippen molar-refractivity contribution in [1.29, 1.82) is 0 Å². The topological polar surface area (TPSA) is 48.9 Å². The monoisotopic (exact) mass is 416 g/mol. The van der Waals surface area contributed by atoms with Gasteiger partial charge in [0.05, 0.1) is 0 Å². The molecule has 3 nitrogen and oxygen atoms in total. The third-order valence-electron chi connectivity index (χ3n) is 4.81. The third kappa shape index (κ3) is 5.55. The molecule has 0 bridgehead atoms. The Labute approximate surface area is 141 Å². The van der Waals surface area contributed by atoms with Gasteiger partial charge in [-0.2, -0.15) is 0 Å². The summed E-state index contributed by atoms with van der Waals surface area (Å²) in [5.41, 5.74) is 0.0661. The number of aromatic nitrogens is 2. The van der Waals surface area contributed by atoms with Gasteiger partial charge in [0.2, 0.25) is 0 Å². The second-order valence-electron chi connectivity index (χ2n) is 7.32. The molecule has 1 rings (SSSR count). The SMILES string of the molecule is CCC[CH2][Sn]([CH2]CCC)([CH2]CCC)[c]1cc(C(C)(C)O)[nH]n1. The number of nitrogens with zero attached hydrogens (tertiary/aromatic N) is 1. The molecule has 0 unspecified atom stereocenters. The van der Waals surface area contributed by atoms with Crippen LogP contribution in [0.1, 0.15) is 78.8 Å². The average molecular weight is 415 g/mol. The van der Waals surface area contributed by atoms with E-state index in [0.717, 1.165) is 5.69 Å². The van der Waals surface area contributed by atoms with E-state index in [-0.39, 0.29) is 0 Å². The molecule has 0 atom stereocenters. The van der Waals surface area contributed by atoms with Crippen LogP contribution < -0.4 is 3.71 Å². The van der Waals surface area contributed by atoms with Crippen LogP contribution in [-0.2, 0) is 5.60 Å². The minimum atomic E-state index is -2.43. The van der Waals surface area contributed by atoms with E-state index in [2.05, 4.69) is 31.9 Å². The summed E-state index contributed by atoms with van der Waals surface area (Å²) < 4.78 is 5.63. The van der Waals surface area contributed by atoms with Gasteiger partial charge in [-0.15, -0.1) is 0 Å². The van der Waals surface area contributed by atoms with E-state index in [1.54, 1.807) is 0 Å². The quantitative estimate of drug-likeness (QED) is 0.515. The van der Waals surface area contributed by atoms with Crippen LogP contribution in [0.2, 0.25) is 13.3 Å². The Balaban J connectivity index is 3.10. The number of aliphatic hydroxyl groups is 1. The van der Waals surface area contributed by atoms with Gasteiger partial charge < -0.3 is 0 Å². The molecular formula is C18H36N2OSn. The van der Waals surface area contributed by atoms with Crippen LogP contribution in [0.15, 0.2) is 6.07 Å². The van der Waals surface area contributed by atoms with E-state index in [1.807, 2.05) is 13.8 Å². The fourth-order valence-electron chi connectivity index (χ4n) is 3.21. The first kappa shape index (κ1) is 20.0. The van der Waals surface area contributed by atoms with Crippen molar-refractivity contribution in [3.63, 3.8) is 0 Å². The molecule has 0 aliphatic rings. The first-order chi connectivity index (χ1) is 10.4. The fraction of sp³-hybridized carbons (Fsp3) is 0.833. The van der Waals surface area contributed by atoms with Crippen molar-refractivity contribution in [3.8, 4) is 0 Å². The second-order valence-corrected chi connectivity index (χ2v) is 20.4. The number of aromatic amines is 1. The van der Waals surface area contributed by atoms with Crippen LogP contribution in [0.5, 0.6) is 0 Å². The van der Waals surface area contributed by atoms with Crippen LogP contribution in [-0.4, -0.2) is 33.7 Å². The van der Waals surface area contributed by atoms with Gasteiger partial charge in [0.15, 0.2) is 0 Å². The molecule has 22 heavy (non-hydrogen) atoms. The number of H-pyrrole nitrogens is 1. The summed E-state index contributed by atoms with van der Waals surface area (Å²) in [4.78, 5) is 0. The Hall–Kier alpha value is -0.0313. The number of rotatable bonds is 11. The molecular weight excluding hydrogens is 379 g/mol. The molecule has 0 amide bonds. The molecule has 2 N–H and O–H groups in total. The van der Waals surface area contributed by atoms with Crippen LogP contribution in [0.4, 0.5) is 0 Å². The summed E-state index contributed by atoms with van der Waals surface area (Å²) in [6, 6.07) is 2.21. The summed E-state index contributed by atoms with van der Waals surface area (Å²) in [6.07, 6.45) is 7.86. The van der Waals surface area contributed by atoms with Gasteiger partial charge in [-0.3, -0.25) is 0 Å². The molecule has 0 fully saturated rings. The van der Waals surface area contributed by atoms with E-state index in [4.69, 9.17) is 5.10 Å². The molecule has 0 aliphatic heterocycles. The summed E-state index contributed by atoms with van der Waals surface area (Å²) >= 11 is -2.43. The van der Waals surface area contributed by atoms with E-state index in [9.17, 15) is 5.11 Å². The van der Waals surface area contributed by atoms with Crippen molar-refractivity contribution in [2.45, 2.75) is 92.1 Å². The van der Waals surface area contributed by atoms with Gasteiger partial charge >= 0.3 is 141 Å². The van der Waals surface area contributed by atoms with Crippen molar-refractivity contribution in [3.05, 3.63) is 11.8 Å². The van der Waals surface area contributed by atoms with Gasteiger partial charge in [-0.1, -0.05) is 0 Å². The molecule has 0 aromatic carbocycles. The number of nitrogens with one attached hydrogen (secondary N) is 1. The van der Waals surface area contributed by atoms with Crippen LogP contribution in [0.25, 0.3) is 0 Å². The summed E-state index contributed by atoms with van der Waals surface area (Å²) in [5.74, 6) is 0. The van der Waals surface area contributed by atoms with Crippen LogP contribution >= 0.6 is 0 Å². The number of hydrogen-bond donors (Lipinski definition) is 2. The Kier molecular flexibility index (Phi) is 8.47. The number of hydrogen-bond acceptors (Lipinski definition) is 2. The van der Waals surface area contributed by atoms with Gasteiger partial charge in [-0.05, 0) is 0 Å². The Bertz CT molecular complexity index is 401. The van der Waals surface area contributed by atoms with Crippen molar-refractivity contribution < 1.29 is 5.11 Å². The van der Waals surface area contributed by atoms with Crippen molar-refractivity contribution in [2.75, 3.05) is 0 Å². The normalized spacial score (nSPS) is 12.8. The average Bonchev–Trinajstić information content (AvgIpc) is 2.97. The molecule has 1 aromatic heterocycles. The molecule has 0 saturated heterocycles. The van der Waals surface area contributed by atoms with Gasteiger partial charge in [0.1, 0.15) is 0 Å². The Morgan fingerprint density at radius 3 is 1.77 bits per heavy atom. The standard InChI is InChI=1S/C6H9N2O.3C4H9.Sn/c1-6(2,9)5-3-4-7-8-5;3*1-3-4-2;/h3,9H,1-2H3,(H,7,8);3*1,3-4H2,2H3;. The van der Waals surface area contributed by atoms with Crippen molar-refractivity contribution in [1.82, 2.24) is 10.2 Å². The molecule has 0 radical (unpaired) electrons. The second kappa shape index (κ2) is 9.31. The van der Waals surface area contributed by atoms with Crippen LogP contribution in [0, 0.1) is 0 Å². The van der Waals surface area contributed by atoms with E-state index < -0.39 is 24.0 Å². The zero-order valence-electron chi connectivity index (χ0n) is 15.3. The van der Waals surface area contributed by atoms with E-state index in [0.29, 0.717) is 0 Å². The minimum absolute atomic E-state index is 0.816. The maximum absolute atomic E-state index is 10.2. The molecule has 1 aromatic rings. The fourth-order valence-corrected chi connectivity index (χ4v) is 18.5. The van der Waals surface area contributed by atoms with Crippen LogP contribution in [0.3, 0.4) is 0 Å². The molecule has 128 valence electrons. The molecule has 0 aliphatic carbocycles.